The zero-order valence-corrected chi connectivity index (χ0v) is 17.0. The highest BCUT2D eigenvalue weighted by Gasteiger charge is 2.36. The lowest BCUT2D eigenvalue weighted by atomic mass is 10.1. The molecular formula is C24H34P. The summed E-state index contributed by atoms with van der Waals surface area (Å²) in [5, 5.41) is 3.30. The maximum Gasteiger partial charge on any atom is -0.0101 e. The van der Waals surface area contributed by atoms with Gasteiger partial charge in [0, 0.05) is 0 Å². The molecule has 0 atom stereocenters. The van der Waals surface area contributed by atoms with Crippen LogP contribution in [0.4, 0.5) is 0 Å². The van der Waals surface area contributed by atoms with Gasteiger partial charge in [0.1, 0.15) is 0 Å². The second-order valence-electron chi connectivity index (χ2n) is 7.78. The molecule has 3 rings (SSSR count). The van der Waals surface area contributed by atoms with Gasteiger partial charge in [-0.1, -0.05) is 114 Å². The van der Waals surface area contributed by atoms with E-state index in [2.05, 4.69) is 62.1 Å². The van der Waals surface area contributed by atoms with Gasteiger partial charge in [0.15, 0.2) is 0 Å². The Hall–Kier alpha value is -1.13. The quantitative estimate of drug-likeness (QED) is 0.325. The van der Waals surface area contributed by atoms with Crippen LogP contribution in [0.15, 0.2) is 48.5 Å². The average Bonchev–Trinajstić information content (AvgIpc) is 2.91. The Labute approximate surface area is 155 Å². The molecule has 0 aliphatic carbocycles. The zero-order valence-electron chi connectivity index (χ0n) is 16.1. The summed E-state index contributed by atoms with van der Waals surface area (Å²) in [6.45, 7) is 4.87. The van der Waals surface area contributed by atoms with Crippen LogP contribution in [-0.2, 0) is 0 Å². The van der Waals surface area contributed by atoms with Gasteiger partial charge in [-0.3, -0.25) is 0 Å². The van der Waals surface area contributed by atoms with Gasteiger partial charge in [-0.25, -0.2) is 0 Å². The van der Waals surface area contributed by atoms with Gasteiger partial charge in [0.2, 0.25) is 0 Å². The van der Waals surface area contributed by atoms with E-state index in [0.717, 1.165) is 0 Å². The Kier molecular flexibility index (Phi) is 6.71. The van der Waals surface area contributed by atoms with Crippen molar-refractivity contribution < 1.29 is 0 Å². The van der Waals surface area contributed by atoms with E-state index in [-0.39, 0.29) is 0 Å². The summed E-state index contributed by atoms with van der Waals surface area (Å²) in [4.78, 5) is 0. The summed E-state index contributed by atoms with van der Waals surface area (Å²) >= 11 is 0. The molecule has 1 aliphatic rings. The molecule has 0 nitrogen and oxygen atoms in total. The topological polar surface area (TPSA) is 0 Å². The molecular weight excluding hydrogens is 319 g/mol. The molecule has 2 aromatic rings. The van der Waals surface area contributed by atoms with Crippen molar-refractivity contribution in [2.45, 2.75) is 64.7 Å². The third kappa shape index (κ3) is 4.17. The van der Waals surface area contributed by atoms with E-state index in [1.165, 1.54) is 75.1 Å². The van der Waals surface area contributed by atoms with Gasteiger partial charge in [-0.15, -0.1) is 0 Å². The molecule has 0 amide bonds. The summed E-state index contributed by atoms with van der Waals surface area (Å²) in [6, 6.07) is 18.3. The lowest BCUT2D eigenvalue weighted by molar-refractivity contribution is 0.573. The van der Waals surface area contributed by atoms with Crippen LogP contribution < -0.4 is 10.6 Å². The highest BCUT2D eigenvalue weighted by atomic mass is 31.2. The minimum absolute atomic E-state index is 1.17. The molecule has 1 heterocycles. The molecule has 0 aromatic heterocycles. The fourth-order valence-electron chi connectivity index (χ4n) is 4.37. The van der Waals surface area contributed by atoms with Crippen LogP contribution in [0.2, 0.25) is 0 Å². The van der Waals surface area contributed by atoms with Gasteiger partial charge < -0.3 is 0 Å². The van der Waals surface area contributed by atoms with E-state index < -0.39 is 7.26 Å². The second kappa shape index (κ2) is 9.00. The van der Waals surface area contributed by atoms with E-state index in [4.69, 9.17) is 0 Å². The first-order valence-electron chi connectivity index (χ1n) is 10.3. The maximum absolute atomic E-state index is 2.57. The molecule has 0 fully saturated rings. The molecule has 2 aromatic carbocycles. The standard InChI is InChI=1S/C24H34P/c1-3-4-5-6-7-8-9-10-15-20-25(2)23-18-13-11-16-21(23)22-17-12-14-19-24(22)25/h11-14,16-19H,3-10,15,20H2,1-2H3. The number of hydrogen-bond acceptors (Lipinski definition) is 0. The van der Waals surface area contributed by atoms with Crippen LogP contribution in [0.5, 0.6) is 0 Å². The van der Waals surface area contributed by atoms with Crippen molar-refractivity contribution >= 4 is 17.9 Å². The van der Waals surface area contributed by atoms with Crippen LogP contribution in [0.25, 0.3) is 11.1 Å². The number of unbranched alkanes of at least 4 members (excludes halogenated alkanes) is 8. The largest absolute Gasteiger partial charge is 0.0716 e. The van der Waals surface area contributed by atoms with Crippen LogP contribution >= 0.6 is 7.26 Å². The summed E-state index contributed by atoms with van der Waals surface area (Å²) in [5.74, 6) is 0. The summed E-state index contributed by atoms with van der Waals surface area (Å²) < 4.78 is 0. The zero-order chi connectivity index (χ0) is 17.5. The predicted molar refractivity (Wildman–Crippen MR) is 116 cm³/mol. The van der Waals surface area contributed by atoms with Gasteiger partial charge in [0.25, 0.3) is 0 Å². The first kappa shape index (κ1) is 18.7. The number of hydrogen-bond donors (Lipinski definition) is 0. The van der Waals surface area contributed by atoms with Crippen molar-refractivity contribution in [2.75, 3.05) is 12.8 Å². The lowest BCUT2D eigenvalue weighted by Crippen LogP contribution is -2.19. The molecule has 0 N–H and O–H groups in total. The van der Waals surface area contributed by atoms with Crippen molar-refractivity contribution in [3.63, 3.8) is 0 Å². The molecule has 0 saturated heterocycles. The number of benzene rings is 2. The van der Waals surface area contributed by atoms with Crippen molar-refractivity contribution in [2.24, 2.45) is 0 Å². The molecule has 0 spiro atoms. The Balaban J connectivity index is 1.54. The highest BCUT2D eigenvalue weighted by Crippen LogP contribution is 2.60. The van der Waals surface area contributed by atoms with Crippen LogP contribution in [0, 0.1) is 0 Å². The van der Waals surface area contributed by atoms with E-state index in [1.807, 2.05) is 0 Å². The Morgan fingerprint density at radius 2 is 1.04 bits per heavy atom. The van der Waals surface area contributed by atoms with Gasteiger partial charge >= 0.3 is 0 Å². The molecule has 1 aliphatic heterocycles. The SMILES string of the molecule is CCCCCCCCCCC[P]1(C)c2ccccc2-c2ccccc21. The number of rotatable bonds is 10. The normalized spacial score (nSPS) is 14.3. The van der Waals surface area contributed by atoms with Crippen molar-refractivity contribution in [3.05, 3.63) is 48.5 Å². The van der Waals surface area contributed by atoms with Crippen molar-refractivity contribution in [1.82, 2.24) is 0 Å². The smallest absolute Gasteiger partial charge is 0.0101 e. The summed E-state index contributed by atoms with van der Waals surface area (Å²) in [6.07, 6.45) is 14.1. The van der Waals surface area contributed by atoms with Gasteiger partial charge in [0.05, 0.1) is 0 Å². The van der Waals surface area contributed by atoms with Gasteiger partial charge in [-0.2, -0.15) is 0 Å². The average molecular weight is 354 g/mol. The fourth-order valence-corrected chi connectivity index (χ4v) is 8.25. The van der Waals surface area contributed by atoms with E-state index in [1.54, 1.807) is 10.6 Å². The van der Waals surface area contributed by atoms with Crippen LogP contribution in [-0.4, -0.2) is 12.8 Å². The van der Waals surface area contributed by atoms with Crippen molar-refractivity contribution in [3.8, 4) is 11.1 Å². The highest BCUT2D eigenvalue weighted by molar-refractivity contribution is 7.90. The summed E-state index contributed by atoms with van der Waals surface area (Å²) in [7, 11) is -1.17. The molecule has 25 heavy (non-hydrogen) atoms. The summed E-state index contributed by atoms with van der Waals surface area (Å²) in [5.41, 5.74) is 3.01. The second-order valence-corrected chi connectivity index (χ2v) is 11.6. The maximum atomic E-state index is 2.57. The third-order valence-corrected chi connectivity index (χ3v) is 9.99. The Bertz CT molecular complexity index is 628. The van der Waals surface area contributed by atoms with E-state index >= 15 is 0 Å². The molecule has 0 saturated carbocycles. The molecule has 1 radical (unpaired) electrons. The van der Waals surface area contributed by atoms with E-state index in [0.29, 0.717) is 0 Å². The Morgan fingerprint density at radius 1 is 0.600 bits per heavy atom. The first-order chi connectivity index (χ1) is 12.3. The Morgan fingerprint density at radius 3 is 1.56 bits per heavy atom. The van der Waals surface area contributed by atoms with E-state index in [9.17, 15) is 0 Å². The lowest BCUT2D eigenvalue weighted by Gasteiger charge is -2.30. The number of fused-ring (bicyclic) bond motifs is 3. The molecule has 135 valence electrons. The van der Waals surface area contributed by atoms with Crippen molar-refractivity contribution in [1.29, 1.82) is 0 Å². The minimum atomic E-state index is -1.17. The molecule has 0 bridgehead atoms. The van der Waals surface area contributed by atoms with Crippen LogP contribution in [0.3, 0.4) is 0 Å². The third-order valence-electron chi connectivity index (χ3n) is 5.87. The first-order valence-corrected chi connectivity index (χ1v) is 12.7. The molecule has 1 heteroatoms. The minimum Gasteiger partial charge on any atom is -0.0716 e. The monoisotopic (exact) mass is 353 g/mol. The predicted octanol–water partition coefficient (Wildman–Crippen LogP) is 6.80. The van der Waals surface area contributed by atoms with Gasteiger partial charge in [-0.05, 0) is 41.0 Å². The van der Waals surface area contributed by atoms with Crippen LogP contribution in [0.1, 0.15) is 64.7 Å². The fraction of sp³-hybridized carbons (Fsp3) is 0.500. The molecule has 0 unspecified atom stereocenters.